The third kappa shape index (κ3) is 5.11. The van der Waals surface area contributed by atoms with Gasteiger partial charge in [0.2, 0.25) is 5.75 Å². The lowest BCUT2D eigenvalue weighted by molar-refractivity contribution is 0.101. The zero-order chi connectivity index (χ0) is 19.8. The number of ketones is 1. The van der Waals surface area contributed by atoms with Gasteiger partial charge in [-0.25, -0.2) is 0 Å². The summed E-state index contributed by atoms with van der Waals surface area (Å²) in [5.74, 6) is 1.42. The summed E-state index contributed by atoms with van der Waals surface area (Å²) in [7, 11) is 4.55. The minimum Gasteiger partial charge on any atom is -0.493 e. The number of aryl methyl sites for hydroxylation is 1. The lowest BCUT2D eigenvalue weighted by Crippen LogP contribution is -1.99. The molecule has 0 radical (unpaired) electrons. The largest absolute Gasteiger partial charge is 0.493 e. The third-order valence-electron chi connectivity index (χ3n) is 4.00. The Balaban J connectivity index is 0.000000198. The van der Waals surface area contributed by atoms with Crippen LogP contribution in [-0.2, 0) is 0 Å². The van der Waals surface area contributed by atoms with E-state index in [1.165, 1.54) is 44.3 Å². The molecule has 0 amide bonds. The molecular formula is C22H24O4S. The number of ether oxygens (including phenoxy) is 3. The number of hydrogen-bond acceptors (Lipinski definition) is 5. The monoisotopic (exact) mass is 384 g/mol. The van der Waals surface area contributed by atoms with Gasteiger partial charge in [0.1, 0.15) is 0 Å². The smallest absolute Gasteiger partial charge is 0.203 e. The number of hydrogen-bond donors (Lipinski definition) is 0. The molecule has 0 aliphatic rings. The molecule has 27 heavy (non-hydrogen) atoms. The van der Waals surface area contributed by atoms with E-state index in [0.29, 0.717) is 22.8 Å². The molecule has 3 aromatic rings. The fourth-order valence-corrected chi connectivity index (χ4v) is 3.38. The van der Waals surface area contributed by atoms with Crippen molar-refractivity contribution in [2.75, 3.05) is 21.3 Å². The minimum atomic E-state index is -0.0470. The molecule has 0 aliphatic heterocycles. The highest BCUT2D eigenvalue weighted by molar-refractivity contribution is 7.13. The molecule has 0 saturated carbocycles. The van der Waals surface area contributed by atoms with Gasteiger partial charge in [-0.1, -0.05) is 30.3 Å². The second-order valence-corrected chi connectivity index (χ2v) is 6.71. The van der Waals surface area contributed by atoms with Gasteiger partial charge in [0.25, 0.3) is 0 Å². The average molecular weight is 384 g/mol. The quantitative estimate of drug-likeness (QED) is 0.534. The molecule has 0 bridgehead atoms. The zero-order valence-corrected chi connectivity index (χ0v) is 17.1. The second-order valence-electron chi connectivity index (χ2n) is 5.76. The number of rotatable bonds is 5. The van der Waals surface area contributed by atoms with Crippen molar-refractivity contribution in [1.82, 2.24) is 0 Å². The highest BCUT2D eigenvalue weighted by Crippen LogP contribution is 2.38. The van der Waals surface area contributed by atoms with Crippen LogP contribution in [0.2, 0.25) is 0 Å². The maximum absolute atomic E-state index is 11.2. The van der Waals surface area contributed by atoms with Crippen molar-refractivity contribution < 1.29 is 19.0 Å². The predicted octanol–water partition coefficient (Wildman–Crippen LogP) is 5.64. The third-order valence-corrected chi connectivity index (χ3v) is 4.91. The number of carbonyl (C=O) groups excluding carboxylic acids is 1. The van der Waals surface area contributed by atoms with Gasteiger partial charge in [-0.3, -0.25) is 4.79 Å². The Morgan fingerprint density at radius 3 is 1.96 bits per heavy atom. The predicted molar refractivity (Wildman–Crippen MR) is 111 cm³/mol. The first-order chi connectivity index (χ1) is 13.0. The summed E-state index contributed by atoms with van der Waals surface area (Å²) in [6.07, 6.45) is 0. The van der Waals surface area contributed by atoms with E-state index in [1.807, 2.05) is 0 Å². The summed E-state index contributed by atoms with van der Waals surface area (Å²) in [6, 6.07) is 16.0. The summed E-state index contributed by atoms with van der Waals surface area (Å²) < 4.78 is 15.4. The Morgan fingerprint density at radius 2 is 1.52 bits per heavy atom. The van der Waals surface area contributed by atoms with E-state index in [4.69, 9.17) is 14.2 Å². The van der Waals surface area contributed by atoms with Crippen molar-refractivity contribution in [3.8, 4) is 27.7 Å². The molecule has 1 aromatic heterocycles. The van der Waals surface area contributed by atoms with Gasteiger partial charge in [0.15, 0.2) is 17.3 Å². The first-order valence-corrected chi connectivity index (χ1v) is 9.30. The maximum atomic E-state index is 11.2. The Morgan fingerprint density at radius 1 is 0.889 bits per heavy atom. The first kappa shape index (κ1) is 20.5. The summed E-state index contributed by atoms with van der Waals surface area (Å²) in [6.45, 7) is 3.63. The van der Waals surface area contributed by atoms with Crippen LogP contribution in [0.1, 0.15) is 22.8 Å². The van der Waals surface area contributed by atoms with Gasteiger partial charge in [-0.2, -0.15) is 0 Å². The zero-order valence-electron chi connectivity index (χ0n) is 16.2. The van der Waals surface area contributed by atoms with Crippen molar-refractivity contribution in [3.63, 3.8) is 0 Å². The highest BCUT2D eigenvalue weighted by Gasteiger charge is 2.14. The second kappa shape index (κ2) is 9.78. The topological polar surface area (TPSA) is 44.8 Å². The van der Waals surface area contributed by atoms with Gasteiger partial charge >= 0.3 is 0 Å². The SMILES string of the molecule is COc1cc(C(C)=O)cc(OC)c1OC.Cc1ccccc1-c1cccs1. The van der Waals surface area contributed by atoms with Crippen LogP contribution < -0.4 is 14.2 Å². The molecule has 4 nitrogen and oxygen atoms in total. The van der Waals surface area contributed by atoms with Crippen LogP contribution in [0, 0.1) is 6.92 Å². The number of methoxy groups -OCH3 is 3. The van der Waals surface area contributed by atoms with Gasteiger partial charge < -0.3 is 14.2 Å². The number of benzene rings is 2. The number of carbonyl (C=O) groups is 1. The van der Waals surface area contributed by atoms with Crippen molar-refractivity contribution in [2.45, 2.75) is 13.8 Å². The fraction of sp³-hybridized carbons (Fsp3) is 0.227. The van der Waals surface area contributed by atoms with Crippen LogP contribution in [0.25, 0.3) is 10.4 Å². The van der Waals surface area contributed by atoms with Crippen molar-refractivity contribution in [1.29, 1.82) is 0 Å². The average Bonchev–Trinajstić information content (AvgIpc) is 3.22. The van der Waals surface area contributed by atoms with Crippen LogP contribution in [0.15, 0.2) is 53.9 Å². The maximum Gasteiger partial charge on any atom is 0.203 e. The molecule has 3 rings (SSSR count). The van der Waals surface area contributed by atoms with E-state index < -0.39 is 0 Å². The fourth-order valence-electron chi connectivity index (χ4n) is 2.57. The summed E-state index contributed by atoms with van der Waals surface area (Å²) >= 11 is 1.79. The normalized spacial score (nSPS) is 9.81. The summed E-state index contributed by atoms with van der Waals surface area (Å²) in [4.78, 5) is 12.6. The lowest BCUT2D eigenvalue weighted by atomic mass is 10.1. The van der Waals surface area contributed by atoms with E-state index in [-0.39, 0.29) is 5.78 Å². The molecule has 5 heteroatoms. The Hall–Kier alpha value is -2.79. The molecule has 0 N–H and O–H groups in total. The Labute approximate surface area is 164 Å². The molecule has 0 aliphatic carbocycles. The lowest BCUT2D eigenvalue weighted by Gasteiger charge is -2.12. The molecule has 1 heterocycles. The number of Topliss-reactive ketones (excluding diaryl/α,β-unsaturated/α-hetero) is 1. The molecule has 0 unspecified atom stereocenters. The molecule has 0 atom stereocenters. The number of thiophene rings is 1. The minimum absolute atomic E-state index is 0.0470. The van der Waals surface area contributed by atoms with Crippen LogP contribution >= 0.6 is 11.3 Å². The molecule has 0 spiro atoms. The molecule has 2 aromatic carbocycles. The molecule has 0 saturated heterocycles. The van der Waals surface area contributed by atoms with Crippen LogP contribution in [0.4, 0.5) is 0 Å². The first-order valence-electron chi connectivity index (χ1n) is 8.42. The molecular weight excluding hydrogens is 360 g/mol. The van der Waals surface area contributed by atoms with Crippen LogP contribution in [-0.4, -0.2) is 27.1 Å². The summed E-state index contributed by atoms with van der Waals surface area (Å²) in [5, 5.41) is 2.11. The van der Waals surface area contributed by atoms with Gasteiger partial charge in [0.05, 0.1) is 21.3 Å². The Kier molecular flexibility index (Phi) is 7.44. The summed E-state index contributed by atoms with van der Waals surface area (Å²) in [5.41, 5.74) is 3.23. The van der Waals surface area contributed by atoms with Crippen molar-refractivity contribution in [2.24, 2.45) is 0 Å². The van der Waals surface area contributed by atoms with E-state index >= 15 is 0 Å². The van der Waals surface area contributed by atoms with E-state index in [9.17, 15) is 4.79 Å². The molecule has 142 valence electrons. The van der Waals surface area contributed by atoms with Gasteiger partial charge in [-0.15, -0.1) is 11.3 Å². The van der Waals surface area contributed by atoms with Crippen LogP contribution in [0.3, 0.4) is 0 Å². The van der Waals surface area contributed by atoms with Crippen molar-refractivity contribution in [3.05, 3.63) is 65.0 Å². The van der Waals surface area contributed by atoms with E-state index in [0.717, 1.165) is 0 Å². The van der Waals surface area contributed by atoms with Crippen molar-refractivity contribution >= 4 is 17.1 Å². The van der Waals surface area contributed by atoms with E-state index in [2.05, 4.69) is 48.7 Å². The van der Waals surface area contributed by atoms with E-state index in [1.54, 1.807) is 23.5 Å². The molecule has 0 fully saturated rings. The van der Waals surface area contributed by atoms with Gasteiger partial charge in [0, 0.05) is 10.4 Å². The Bertz CT molecular complexity index is 860. The van der Waals surface area contributed by atoms with Gasteiger partial charge in [-0.05, 0) is 48.6 Å². The standard InChI is InChI=1S/C11H14O4.C11H10S/c1-7(12)8-5-9(13-2)11(15-4)10(6-8)14-3;1-9-5-2-3-6-10(9)11-7-4-8-12-11/h5-6H,1-4H3;2-8H,1H3. The van der Waals surface area contributed by atoms with Crippen LogP contribution in [0.5, 0.6) is 17.2 Å². The highest BCUT2D eigenvalue weighted by atomic mass is 32.1.